The molecule has 0 unspecified atom stereocenters. The van der Waals surface area contributed by atoms with E-state index in [2.05, 4.69) is 30.6 Å². The van der Waals surface area contributed by atoms with Gasteiger partial charge in [-0.3, -0.25) is 0 Å². The highest BCUT2D eigenvalue weighted by Gasteiger charge is 1.88. The van der Waals surface area contributed by atoms with Crippen LogP contribution in [-0.2, 0) is 0 Å². The van der Waals surface area contributed by atoms with E-state index < -0.39 is 0 Å². The van der Waals surface area contributed by atoms with Gasteiger partial charge in [0, 0.05) is 5.88 Å². The molecule has 3 heteroatoms. The van der Waals surface area contributed by atoms with E-state index in [1.807, 2.05) is 11.8 Å². The zero-order valence-electron chi connectivity index (χ0n) is 7.18. The summed E-state index contributed by atoms with van der Waals surface area (Å²) in [6, 6.07) is 0. The summed E-state index contributed by atoms with van der Waals surface area (Å²) in [7, 11) is 4.21. The van der Waals surface area contributed by atoms with Crippen LogP contribution in [0.1, 0.15) is 6.42 Å². The van der Waals surface area contributed by atoms with E-state index in [0.29, 0.717) is 0 Å². The fraction of sp³-hybridized carbons (Fsp3) is 1.00. The Hall–Kier alpha value is 0.270. The molecule has 0 radical (unpaired) electrons. The highest BCUT2D eigenvalue weighted by atomic mass is 32.2. The minimum absolute atomic E-state index is 1.08. The Morgan fingerprint density at radius 3 is 2.60 bits per heavy atom. The van der Waals surface area contributed by atoms with E-state index in [-0.39, 0.29) is 0 Å². The molecule has 0 rings (SSSR count). The SMILES string of the molecule is CSCNCCCN(C)C. The molecule has 0 amide bonds. The molecule has 62 valence electrons. The van der Waals surface area contributed by atoms with Gasteiger partial charge in [-0.1, -0.05) is 0 Å². The van der Waals surface area contributed by atoms with Crippen LogP contribution in [0.3, 0.4) is 0 Å². The predicted octanol–water partition coefficient (Wildman–Crippen LogP) is 0.848. The number of nitrogens with zero attached hydrogens (tertiary/aromatic N) is 1. The number of thioether (sulfide) groups is 1. The van der Waals surface area contributed by atoms with Gasteiger partial charge in [-0.15, -0.1) is 11.8 Å². The second-order valence-electron chi connectivity index (χ2n) is 2.59. The van der Waals surface area contributed by atoms with Gasteiger partial charge >= 0.3 is 0 Å². The molecule has 0 saturated carbocycles. The lowest BCUT2D eigenvalue weighted by Crippen LogP contribution is -2.20. The zero-order valence-corrected chi connectivity index (χ0v) is 8.00. The van der Waals surface area contributed by atoms with Crippen LogP contribution < -0.4 is 5.32 Å². The van der Waals surface area contributed by atoms with E-state index >= 15 is 0 Å². The minimum Gasteiger partial charge on any atom is -0.309 e. The van der Waals surface area contributed by atoms with Gasteiger partial charge in [0.15, 0.2) is 0 Å². The van der Waals surface area contributed by atoms with Crippen LogP contribution in [-0.4, -0.2) is 44.2 Å². The van der Waals surface area contributed by atoms with Gasteiger partial charge in [0.1, 0.15) is 0 Å². The Balaban J connectivity index is 2.77. The van der Waals surface area contributed by atoms with Gasteiger partial charge in [0.05, 0.1) is 0 Å². The first-order valence-electron chi connectivity index (χ1n) is 3.61. The first-order valence-corrected chi connectivity index (χ1v) is 5.01. The summed E-state index contributed by atoms with van der Waals surface area (Å²) in [4.78, 5) is 2.21. The van der Waals surface area contributed by atoms with Gasteiger partial charge in [-0.2, -0.15) is 0 Å². The van der Waals surface area contributed by atoms with Crippen molar-refractivity contribution in [3.63, 3.8) is 0 Å². The molecular weight excluding hydrogens is 144 g/mol. The van der Waals surface area contributed by atoms with E-state index in [0.717, 1.165) is 12.4 Å². The van der Waals surface area contributed by atoms with Crippen LogP contribution in [0.4, 0.5) is 0 Å². The third-order valence-electron chi connectivity index (χ3n) is 1.21. The normalized spacial score (nSPS) is 10.8. The first kappa shape index (κ1) is 10.3. The van der Waals surface area contributed by atoms with Crippen molar-refractivity contribution >= 4 is 11.8 Å². The quantitative estimate of drug-likeness (QED) is 0.460. The minimum atomic E-state index is 1.08. The Bertz CT molecular complexity index is 66.6. The number of nitrogens with one attached hydrogen (secondary N) is 1. The molecule has 0 saturated heterocycles. The van der Waals surface area contributed by atoms with Crippen LogP contribution in [0, 0.1) is 0 Å². The zero-order chi connectivity index (χ0) is 7.82. The summed E-state index contributed by atoms with van der Waals surface area (Å²) in [6.45, 7) is 2.32. The van der Waals surface area contributed by atoms with E-state index in [1.54, 1.807) is 0 Å². The second-order valence-corrected chi connectivity index (χ2v) is 3.46. The van der Waals surface area contributed by atoms with Crippen molar-refractivity contribution in [3.8, 4) is 0 Å². The molecule has 0 fully saturated rings. The van der Waals surface area contributed by atoms with Crippen molar-refractivity contribution in [1.29, 1.82) is 0 Å². The Kier molecular flexibility index (Phi) is 7.58. The molecule has 0 aliphatic carbocycles. The Labute approximate surface area is 68.4 Å². The maximum Gasteiger partial charge on any atom is 0.0415 e. The lowest BCUT2D eigenvalue weighted by molar-refractivity contribution is 0.397. The maximum atomic E-state index is 3.33. The van der Waals surface area contributed by atoms with Gasteiger partial charge in [0.2, 0.25) is 0 Å². The molecule has 0 aliphatic heterocycles. The molecule has 0 aliphatic rings. The predicted molar refractivity (Wildman–Crippen MR) is 49.6 cm³/mol. The van der Waals surface area contributed by atoms with E-state index in [1.165, 1.54) is 13.0 Å². The summed E-state index contributed by atoms with van der Waals surface area (Å²) in [5.41, 5.74) is 0. The largest absolute Gasteiger partial charge is 0.309 e. The van der Waals surface area contributed by atoms with E-state index in [4.69, 9.17) is 0 Å². The third-order valence-corrected chi connectivity index (χ3v) is 1.70. The molecule has 10 heavy (non-hydrogen) atoms. The fourth-order valence-electron chi connectivity index (χ4n) is 0.695. The van der Waals surface area contributed by atoms with Crippen molar-refractivity contribution in [2.75, 3.05) is 39.3 Å². The van der Waals surface area contributed by atoms with Gasteiger partial charge in [-0.05, 0) is 39.9 Å². The van der Waals surface area contributed by atoms with Gasteiger partial charge in [-0.25, -0.2) is 0 Å². The van der Waals surface area contributed by atoms with Crippen molar-refractivity contribution in [2.24, 2.45) is 0 Å². The molecule has 0 aromatic heterocycles. The molecule has 0 heterocycles. The average molecular weight is 162 g/mol. The molecule has 1 N–H and O–H groups in total. The first-order chi connectivity index (χ1) is 4.77. The summed E-state index contributed by atoms with van der Waals surface area (Å²) in [5, 5.41) is 3.33. The van der Waals surface area contributed by atoms with Crippen LogP contribution in [0.5, 0.6) is 0 Å². The summed E-state index contributed by atoms with van der Waals surface area (Å²) >= 11 is 1.84. The van der Waals surface area contributed by atoms with Crippen molar-refractivity contribution < 1.29 is 0 Å². The smallest absolute Gasteiger partial charge is 0.0415 e. The molecule has 0 bridgehead atoms. The summed E-state index contributed by atoms with van der Waals surface area (Å²) in [6.07, 6.45) is 3.35. The van der Waals surface area contributed by atoms with Crippen LogP contribution >= 0.6 is 11.8 Å². The van der Waals surface area contributed by atoms with Crippen molar-refractivity contribution in [3.05, 3.63) is 0 Å². The highest BCUT2D eigenvalue weighted by Crippen LogP contribution is 1.86. The summed E-state index contributed by atoms with van der Waals surface area (Å²) < 4.78 is 0. The van der Waals surface area contributed by atoms with Crippen LogP contribution in [0.25, 0.3) is 0 Å². The Morgan fingerprint density at radius 2 is 2.10 bits per heavy atom. The second kappa shape index (κ2) is 7.38. The number of hydrogen-bond acceptors (Lipinski definition) is 3. The highest BCUT2D eigenvalue weighted by molar-refractivity contribution is 7.98. The van der Waals surface area contributed by atoms with Gasteiger partial charge in [0.25, 0.3) is 0 Å². The lowest BCUT2D eigenvalue weighted by Gasteiger charge is -2.08. The number of rotatable bonds is 6. The topological polar surface area (TPSA) is 15.3 Å². The molecule has 0 atom stereocenters. The van der Waals surface area contributed by atoms with E-state index in [9.17, 15) is 0 Å². The van der Waals surface area contributed by atoms with Crippen molar-refractivity contribution in [1.82, 2.24) is 10.2 Å². The standard InChI is InChI=1S/C7H18N2S/c1-9(2)6-4-5-8-7-10-3/h8H,4-7H2,1-3H3. The van der Waals surface area contributed by atoms with Gasteiger partial charge < -0.3 is 10.2 Å². The molecule has 2 nitrogen and oxygen atoms in total. The molecule has 0 aromatic carbocycles. The lowest BCUT2D eigenvalue weighted by atomic mass is 10.4. The fourth-order valence-corrected chi connectivity index (χ4v) is 1.04. The Morgan fingerprint density at radius 1 is 1.40 bits per heavy atom. The van der Waals surface area contributed by atoms with Crippen LogP contribution in [0.2, 0.25) is 0 Å². The third kappa shape index (κ3) is 8.27. The monoisotopic (exact) mass is 162 g/mol. The molecule has 0 spiro atoms. The molecular formula is C7H18N2S. The maximum absolute atomic E-state index is 3.33. The summed E-state index contributed by atoms with van der Waals surface area (Å²) in [5.74, 6) is 1.08. The molecule has 0 aromatic rings. The number of hydrogen-bond donors (Lipinski definition) is 1. The van der Waals surface area contributed by atoms with Crippen molar-refractivity contribution in [2.45, 2.75) is 6.42 Å². The average Bonchev–Trinajstić information content (AvgIpc) is 1.87. The van der Waals surface area contributed by atoms with Crippen LogP contribution in [0.15, 0.2) is 0 Å².